The SMILES string of the molecule is O=C1CCCC(Cl)[C@H]2C=CCC[C@@H]12. The molecular formula is C11H15ClO. The molecule has 2 heteroatoms. The van der Waals surface area contributed by atoms with Crippen LogP contribution in [-0.4, -0.2) is 11.2 Å². The van der Waals surface area contributed by atoms with Crippen LogP contribution in [0.3, 0.4) is 0 Å². The Bertz CT molecular complexity index is 234. The van der Waals surface area contributed by atoms with Gasteiger partial charge in [-0.05, 0) is 25.7 Å². The Balaban J connectivity index is 2.21. The van der Waals surface area contributed by atoms with Crippen LogP contribution < -0.4 is 0 Å². The molecule has 1 fully saturated rings. The van der Waals surface area contributed by atoms with E-state index in [2.05, 4.69) is 12.2 Å². The van der Waals surface area contributed by atoms with Gasteiger partial charge in [-0.15, -0.1) is 11.6 Å². The first-order chi connectivity index (χ1) is 6.29. The molecule has 2 aliphatic rings. The minimum atomic E-state index is 0.188. The van der Waals surface area contributed by atoms with Crippen molar-refractivity contribution < 1.29 is 4.79 Å². The molecule has 3 atom stereocenters. The highest BCUT2D eigenvalue weighted by atomic mass is 35.5. The maximum absolute atomic E-state index is 11.7. The lowest BCUT2D eigenvalue weighted by Crippen LogP contribution is -2.27. The van der Waals surface area contributed by atoms with Crippen molar-refractivity contribution in [1.82, 2.24) is 0 Å². The van der Waals surface area contributed by atoms with Gasteiger partial charge < -0.3 is 0 Å². The van der Waals surface area contributed by atoms with E-state index < -0.39 is 0 Å². The highest BCUT2D eigenvalue weighted by Gasteiger charge is 2.34. The zero-order valence-corrected chi connectivity index (χ0v) is 8.46. The standard InChI is InChI=1S/C11H15ClO/c12-10-6-3-7-11(13)9-5-2-1-4-8(9)10/h1,4,8-10H,2-3,5-7H2/t8-,9+,10?/m0/s1. The molecule has 0 aromatic heterocycles. The highest BCUT2D eigenvalue weighted by molar-refractivity contribution is 6.21. The summed E-state index contributed by atoms with van der Waals surface area (Å²) in [5.74, 6) is 0.998. The van der Waals surface area contributed by atoms with Gasteiger partial charge in [0.25, 0.3) is 0 Å². The van der Waals surface area contributed by atoms with E-state index in [1.54, 1.807) is 0 Å². The second-order valence-corrected chi connectivity index (χ2v) is 4.62. The smallest absolute Gasteiger partial charge is 0.136 e. The summed E-state index contributed by atoms with van der Waals surface area (Å²) in [6.45, 7) is 0. The van der Waals surface area contributed by atoms with Crippen LogP contribution in [-0.2, 0) is 4.79 Å². The zero-order chi connectivity index (χ0) is 9.26. The van der Waals surface area contributed by atoms with Gasteiger partial charge in [0.15, 0.2) is 0 Å². The molecule has 1 nitrogen and oxygen atoms in total. The number of allylic oxidation sites excluding steroid dienone is 2. The second-order valence-electron chi connectivity index (χ2n) is 4.06. The van der Waals surface area contributed by atoms with Crippen LogP contribution in [0.2, 0.25) is 0 Å². The molecule has 0 amide bonds. The predicted molar refractivity (Wildman–Crippen MR) is 53.9 cm³/mol. The Morgan fingerprint density at radius 3 is 3.08 bits per heavy atom. The number of hydrogen-bond donors (Lipinski definition) is 0. The van der Waals surface area contributed by atoms with Crippen molar-refractivity contribution in [3.05, 3.63) is 12.2 Å². The molecule has 0 saturated heterocycles. The molecule has 2 aliphatic carbocycles. The fourth-order valence-corrected chi connectivity index (χ4v) is 2.87. The van der Waals surface area contributed by atoms with Crippen LogP contribution >= 0.6 is 11.6 Å². The third-order valence-electron chi connectivity index (χ3n) is 3.20. The van der Waals surface area contributed by atoms with Crippen molar-refractivity contribution in [2.75, 3.05) is 0 Å². The number of hydrogen-bond acceptors (Lipinski definition) is 1. The Morgan fingerprint density at radius 1 is 1.38 bits per heavy atom. The summed E-state index contributed by atoms with van der Waals surface area (Å²) in [7, 11) is 0. The number of alkyl halides is 1. The van der Waals surface area contributed by atoms with Gasteiger partial charge in [0.1, 0.15) is 5.78 Å². The Hall–Kier alpha value is -0.300. The maximum Gasteiger partial charge on any atom is 0.136 e. The molecule has 0 spiro atoms. The monoisotopic (exact) mass is 198 g/mol. The first-order valence-electron chi connectivity index (χ1n) is 5.12. The summed E-state index contributed by atoms with van der Waals surface area (Å²) in [5, 5.41) is 0.188. The number of fused-ring (bicyclic) bond motifs is 1. The van der Waals surface area contributed by atoms with Gasteiger partial charge in [-0.2, -0.15) is 0 Å². The number of ketones is 1. The average molecular weight is 199 g/mol. The van der Waals surface area contributed by atoms with Gasteiger partial charge in [-0.1, -0.05) is 12.2 Å². The molecule has 0 aromatic rings. The minimum Gasteiger partial charge on any atom is -0.299 e. The maximum atomic E-state index is 11.7. The van der Waals surface area contributed by atoms with Crippen LogP contribution in [0, 0.1) is 11.8 Å². The first-order valence-corrected chi connectivity index (χ1v) is 5.56. The van der Waals surface area contributed by atoms with Crippen molar-refractivity contribution in [3.63, 3.8) is 0 Å². The first kappa shape index (κ1) is 9.26. The van der Waals surface area contributed by atoms with Gasteiger partial charge in [0.2, 0.25) is 0 Å². The van der Waals surface area contributed by atoms with Gasteiger partial charge in [-0.3, -0.25) is 4.79 Å². The average Bonchev–Trinajstić information content (AvgIpc) is 2.29. The number of carbonyl (C=O) groups excluding carboxylic acids is 1. The van der Waals surface area contributed by atoms with Crippen molar-refractivity contribution in [3.8, 4) is 0 Å². The largest absolute Gasteiger partial charge is 0.299 e. The lowest BCUT2D eigenvalue weighted by Gasteiger charge is -2.27. The lowest BCUT2D eigenvalue weighted by atomic mass is 9.80. The number of Topliss-reactive ketones (excluding diaryl/α,β-unsaturated/α-hetero) is 1. The predicted octanol–water partition coefficient (Wildman–Crippen LogP) is 2.93. The molecular weight excluding hydrogens is 184 g/mol. The molecule has 2 rings (SSSR count). The number of halogens is 1. The third-order valence-corrected chi connectivity index (χ3v) is 3.71. The van der Waals surface area contributed by atoms with Crippen molar-refractivity contribution in [2.45, 2.75) is 37.5 Å². The molecule has 1 unspecified atom stereocenters. The zero-order valence-electron chi connectivity index (χ0n) is 7.71. The summed E-state index contributed by atoms with van der Waals surface area (Å²) in [6.07, 6.45) is 9.13. The van der Waals surface area contributed by atoms with Crippen molar-refractivity contribution in [2.24, 2.45) is 11.8 Å². The summed E-state index contributed by atoms with van der Waals surface area (Å²) in [4.78, 5) is 11.7. The normalized spacial score (nSPS) is 39.8. The van der Waals surface area contributed by atoms with E-state index >= 15 is 0 Å². The topological polar surface area (TPSA) is 17.1 Å². The van der Waals surface area contributed by atoms with Crippen LogP contribution in [0.15, 0.2) is 12.2 Å². The van der Waals surface area contributed by atoms with E-state index in [0.29, 0.717) is 11.7 Å². The Labute approximate surface area is 84.2 Å². The van der Waals surface area contributed by atoms with Crippen LogP contribution in [0.25, 0.3) is 0 Å². The van der Waals surface area contributed by atoms with Crippen molar-refractivity contribution >= 4 is 17.4 Å². The Kier molecular flexibility index (Phi) is 2.73. The minimum absolute atomic E-state index is 0.188. The quantitative estimate of drug-likeness (QED) is 0.432. The molecule has 1 saturated carbocycles. The number of rotatable bonds is 0. The van der Waals surface area contributed by atoms with Crippen LogP contribution in [0.1, 0.15) is 32.1 Å². The van der Waals surface area contributed by atoms with Gasteiger partial charge >= 0.3 is 0 Å². The summed E-state index contributed by atoms with van der Waals surface area (Å²) in [6, 6.07) is 0. The molecule has 72 valence electrons. The molecule has 13 heavy (non-hydrogen) atoms. The van der Waals surface area contributed by atoms with Gasteiger partial charge in [0, 0.05) is 23.6 Å². The molecule has 0 aromatic carbocycles. The summed E-state index contributed by atoms with van der Waals surface area (Å²) >= 11 is 6.26. The fourth-order valence-electron chi connectivity index (χ4n) is 2.45. The van der Waals surface area contributed by atoms with E-state index in [1.165, 1.54) is 0 Å². The Morgan fingerprint density at radius 2 is 2.23 bits per heavy atom. The molecule has 0 heterocycles. The third kappa shape index (κ3) is 1.80. The van der Waals surface area contributed by atoms with E-state index in [4.69, 9.17) is 11.6 Å². The van der Waals surface area contributed by atoms with Crippen molar-refractivity contribution in [1.29, 1.82) is 0 Å². The lowest BCUT2D eigenvalue weighted by molar-refractivity contribution is -0.123. The highest BCUT2D eigenvalue weighted by Crippen LogP contribution is 2.36. The summed E-state index contributed by atoms with van der Waals surface area (Å²) in [5.41, 5.74) is 0. The van der Waals surface area contributed by atoms with E-state index in [9.17, 15) is 4.79 Å². The van der Waals surface area contributed by atoms with E-state index in [1.807, 2.05) is 0 Å². The van der Waals surface area contributed by atoms with Gasteiger partial charge in [0.05, 0.1) is 0 Å². The summed E-state index contributed by atoms with van der Waals surface area (Å²) < 4.78 is 0. The molecule has 0 radical (unpaired) electrons. The fraction of sp³-hybridized carbons (Fsp3) is 0.727. The number of carbonyl (C=O) groups is 1. The second kappa shape index (κ2) is 3.83. The van der Waals surface area contributed by atoms with Crippen LogP contribution in [0.4, 0.5) is 0 Å². The molecule has 0 N–H and O–H groups in total. The molecule has 0 aliphatic heterocycles. The van der Waals surface area contributed by atoms with Crippen LogP contribution in [0.5, 0.6) is 0 Å². The van der Waals surface area contributed by atoms with E-state index in [0.717, 1.165) is 32.1 Å². The van der Waals surface area contributed by atoms with E-state index in [-0.39, 0.29) is 11.3 Å². The van der Waals surface area contributed by atoms with Gasteiger partial charge in [-0.25, -0.2) is 0 Å². The molecule has 0 bridgehead atoms.